The van der Waals surface area contributed by atoms with E-state index in [2.05, 4.69) is 20.1 Å². The number of nitrogens with one attached hydrogen (secondary N) is 1. The van der Waals surface area contributed by atoms with E-state index in [-0.39, 0.29) is 0 Å². The quantitative estimate of drug-likeness (QED) is 0.423. The molecule has 5 rings (SSSR count). The Morgan fingerprint density at radius 3 is 2.34 bits per heavy atom. The molecular weight excluding hydrogens is 388 g/mol. The van der Waals surface area contributed by atoms with Gasteiger partial charge in [-0.1, -0.05) is 41.0 Å². The topological polar surface area (TPSA) is 76.8 Å². The van der Waals surface area contributed by atoms with Crippen LogP contribution in [0.5, 0.6) is 5.75 Å². The second kappa shape index (κ2) is 7.07. The van der Waals surface area contributed by atoms with E-state index in [9.17, 15) is 0 Å². The molecule has 0 spiro atoms. The summed E-state index contributed by atoms with van der Waals surface area (Å²) in [6.45, 7) is 0. The molecule has 0 unspecified atom stereocenters. The fourth-order valence-electron chi connectivity index (χ4n) is 3.09. The highest BCUT2D eigenvalue weighted by Gasteiger charge is 2.12. The predicted molar refractivity (Wildman–Crippen MR) is 112 cm³/mol. The van der Waals surface area contributed by atoms with Crippen molar-refractivity contribution in [2.45, 2.75) is 0 Å². The number of hydrogen-bond donors (Lipinski definition) is 1. The number of rotatable bonds is 4. The first-order valence-corrected chi connectivity index (χ1v) is 9.31. The van der Waals surface area contributed by atoms with E-state index in [1.54, 1.807) is 7.11 Å². The minimum absolute atomic E-state index is 0.459. The zero-order valence-electron chi connectivity index (χ0n) is 15.4. The van der Waals surface area contributed by atoms with Crippen LogP contribution in [0.3, 0.4) is 0 Å². The van der Waals surface area contributed by atoms with Crippen LogP contribution in [0.1, 0.15) is 0 Å². The van der Waals surface area contributed by atoms with Crippen molar-refractivity contribution in [2.24, 2.45) is 0 Å². The SMILES string of the molecule is COc1ccc(-c2nc(-c3ccc(-c4nc5ccc(Cl)cc5[nH]4)cc3)no2)cc1. The first kappa shape index (κ1) is 17.5. The fourth-order valence-corrected chi connectivity index (χ4v) is 3.26. The van der Waals surface area contributed by atoms with Crippen molar-refractivity contribution in [1.29, 1.82) is 0 Å². The summed E-state index contributed by atoms with van der Waals surface area (Å²) < 4.78 is 10.6. The molecule has 0 atom stereocenters. The lowest BCUT2D eigenvalue weighted by Crippen LogP contribution is -1.84. The third-order valence-corrected chi connectivity index (χ3v) is 4.86. The molecule has 2 aromatic heterocycles. The summed E-state index contributed by atoms with van der Waals surface area (Å²) in [5.41, 5.74) is 4.42. The van der Waals surface area contributed by atoms with Crippen LogP contribution in [0.4, 0.5) is 0 Å². The summed E-state index contributed by atoms with van der Waals surface area (Å²) in [7, 11) is 1.63. The number of imidazole rings is 1. The zero-order chi connectivity index (χ0) is 19.8. The van der Waals surface area contributed by atoms with Crippen LogP contribution >= 0.6 is 11.6 Å². The minimum Gasteiger partial charge on any atom is -0.497 e. The van der Waals surface area contributed by atoms with Gasteiger partial charge in [-0.25, -0.2) is 4.98 Å². The molecule has 7 heteroatoms. The van der Waals surface area contributed by atoms with Crippen molar-refractivity contribution < 1.29 is 9.26 Å². The van der Waals surface area contributed by atoms with E-state index in [0.29, 0.717) is 16.7 Å². The Hall–Kier alpha value is -3.64. The molecule has 6 nitrogen and oxygen atoms in total. The van der Waals surface area contributed by atoms with Gasteiger partial charge in [-0.2, -0.15) is 4.98 Å². The molecular formula is C22H15ClN4O2. The highest BCUT2D eigenvalue weighted by molar-refractivity contribution is 6.31. The van der Waals surface area contributed by atoms with Crippen molar-refractivity contribution in [2.75, 3.05) is 7.11 Å². The molecule has 0 radical (unpaired) electrons. The van der Waals surface area contributed by atoms with Crippen LogP contribution in [0.2, 0.25) is 5.02 Å². The van der Waals surface area contributed by atoms with Crippen LogP contribution in [0.25, 0.3) is 45.3 Å². The number of aromatic amines is 1. The van der Waals surface area contributed by atoms with E-state index in [1.807, 2.05) is 66.7 Å². The summed E-state index contributed by atoms with van der Waals surface area (Å²) >= 11 is 6.05. The maximum absolute atomic E-state index is 6.05. The van der Waals surface area contributed by atoms with E-state index in [0.717, 1.165) is 39.3 Å². The number of hydrogen-bond acceptors (Lipinski definition) is 5. The number of ether oxygens (including phenoxy) is 1. The molecule has 0 aliphatic rings. The Bertz CT molecular complexity index is 1290. The normalized spacial score (nSPS) is 11.1. The standard InChI is InChI=1S/C22H15ClN4O2/c1-28-17-9-6-15(7-10-17)22-26-21(27-29-22)14-4-2-13(3-5-14)20-24-18-11-8-16(23)12-19(18)25-20/h2-12H,1H3,(H,24,25). The largest absolute Gasteiger partial charge is 0.497 e. The van der Waals surface area contributed by atoms with Crippen LogP contribution in [0.15, 0.2) is 71.3 Å². The zero-order valence-corrected chi connectivity index (χ0v) is 16.1. The van der Waals surface area contributed by atoms with Crippen LogP contribution in [-0.2, 0) is 0 Å². The summed E-state index contributed by atoms with van der Waals surface area (Å²) in [6, 6.07) is 20.9. The second-order valence-electron chi connectivity index (χ2n) is 6.48. The summed E-state index contributed by atoms with van der Waals surface area (Å²) in [5.74, 6) is 2.54. The van der Waals surface area contributed by atoms with E-state index < -0.39 is 0 Å². The fraction of sp³-hybridized carbons (Fsp3) is 0.0455. The molecule has 0 saturated heterocycles. The van der Waals surface area contributed by atoms with Crippen LogP contribution in [-0.4, -0.2) is 27.2 Å². The average Bonchev–Trinajstić information content (AvgIpc) is 3.41. The molecule has 5 aromatic rings. The molecule has 29 heavy (non-hydrogen) atoms. The number of nitrogens with zero attached hydrogens (tertiary/aromatic N) is 3. The summed E-state index contributed by atoms with van der Waals surface area (Å²) in [4.78, 5) is 12.4. The van der Waals surface area contributed by atoms with E-state index >= 15 is 0 Å². The van der Waals surface area contributed by atoms with Crippen molar-refractivity contribution >= 4 is 22.6 Å². The molecule has 2 heterocycles. The Morgan fingerprint density at radius 2 is 1.59 bits per heavy atom. The third kappa shape index (κ3) is 3.34. The van der Waals surface area contributed by atoms with Gasteiger partial charge in [0.2, 0.25) is 5.82 Å². The van der Waals surface area contributed by atoms with Gasteiger partial charge in [0.15, 0.2) is 0 Å². The number of benzene rings is 3. The molecule has 0 aliphatic heterocycles. The molecule has 0 saturated carbocycles. The highest BCUT2D eigenvalue weighted by atomic mass is 35.5. The summed E-state index contributed by atoms with van der Waals surface area (Å²) in [6.07, 6.45) is 0. The Kier molecular flexibility index (Phi) is 4.26. The number of H-pyrrole nitrogens is 1. The Balaban J connectivity index is 1.41. The van der Waals surface area contributed by atoms with Gasteiger partial charge < -0.3 is 14.2 Å². The number of fused-ring (bicyclic) bond motifs is 1. The predicted octanol–water partition coefficient (Wildman–Crippen LogP) is 5.61. The van der Waals surface area contributed by atoms with Gasteiger partial charge in [-0.15, -0.1) is 0 Å². The molecule has 0 amide bonds. The van der Waals surface area contributed by atoms with Gasteiger partial charge in [0.1, 0.15) is 11.6 Å². The van der Waals surface area contributed by atoms with E-state index in [1.165, 1.54) is 0 Å². The lowest BCUT2D eigenvalue weighted by molar-refractivity contribution is 0.414. The number of methoxy groups -OCH3 is 1. The van der Waals surface area contributed by atoms with Gasteiger partial charge >= 0.3 is 0 Å². The van der Waals surface area contributed by atoms with Gasteiger partial charge in [0, 0.05) is 21.7 Å². The smallest absolute Gasteiger partial charge is 0.258 e. The molecule has 3 aromatic carbocycles. The molecule has 142 valence electrons. The average molecular weight is 403 g/mol. The maximum Gasteiger partial charge on any atom is 0.258 e. The third-order valence-electron chi connectivity index (χ3n) is 4.62. The molecule has 0 bridgehead atoms. The monoisotopic (exact) mass is 402 g/mol. The van der Waals surface area contributed by atoms with Gasteiger partial charge in [0.25, 0.3) is 5.89 Å². The first-order valence-electron chi connectivity index (χ1n) is 8.94. The van der Waals surface area contributed by atoms with Gasteiger partial charge in [-0.3, -0.25) is 0 Å². The minimum atomic E-state index is 0.459. The molecule has 1 N–H and O–H groups in total. The van der Waals surface area contributed by atoms with Gasteiger partial charge in [0.05, 0.1) is 18.1 Å². The Morgan fingerprint density at radius 1 is 0.862 bits per heavy atom. The molecule has 0 aliphatic carbocycles. The van der Waals surface area contributed by atoms with Crippen molar-refractivity contribution in [3.05, 3.63) is 71.8 Å². The van der Waals surface area contributed by atoms with Crippen LogP contribution < -0.4 is 4.74 Å². The van der Waals surface area contributed by atoms with Crippen molar-refractivity contribution in [3.63, 3.8) is 0 Å². The highest BCUT2D eigenvalue weighted by Crippen LogP contribution is 2.27. The molecule has 0 fully saturated rings. The maximum atomic E-state index is 6.05. The summed E-state index contributed by atoms with van der Waals surface area (Å²) in [5, 5.41) is 4.77. The van der Waals surface area contributed by atoms with E-state index in [4.69, 9.17) is 20.9 Å². The number of aromatic nitrogens is 4. The number of halogens is 1. The van der Waals surface area contributed by atoms with Gasteiger partial charge in [-0.05, 0) is 42.5 Å². The van der Waals surface area contributed by atoms with Crippen LogP contribution in [0, 0.1) is 0 Å². The Labute approximate surface area is 171 Å². The lowest BCUT2D eigenvalue weighted by Gasteiger charge is -1.99. The van der Waals surface area contributed by atoms with Crippen molar-refractivity contribution in [3.8, 4) is 40.0 Å². The second-order valence-corrected chi connectivity index (χ2v) is 6.91. The van der Waals surface area contributed by atoms with Crippen molar-refractivity contribution in [1.82, 2.24) is 20.1 Å². The first-order chi connectivity index (χ1) is 14.2. The lowest BCUT2D eigenvalue weighted by atomic mass is 10.1.